The zero-order valence-corrected chi connectivity index (χ0v) is 20.4. The summed E-state index contributed by atoms with van der Waals surface area (Å²) in [7, 11) is 1.57. The molecule has 0 saturated carbocycles. The lowest BCUT2D eigenvalue weighted by Gasteiger charge is -2.30. The number of anilines is 1. The summed E-state index contributed by atoms with van der Waals surface area (Å²) in [4.78, 5) is 41.6. The van der Waals surface area contributed by atoms with E-state index in [2.05, 4.69) is 0 Å². The molecule has 4 rings (SSSR count). The number of methoxy groups -OCH3 is 1. The van der Waals surface area contributed by atoms with E-state index in [4.69, 9.17) is 9.47 Å². The molecule has 180 valence electrons. The van der Waals surface area contributed by atoms with Gasteiger partial charge in [-0.1, -0.05) is 60.7 Å². The number of ether oxygens (including phenoxy) is 2. The smallest absolute Gasteiger partial charge is 0.421 e. The van der Waals surface area contributed by atoms with Crippen LogP contribution in [0.5, 0.6) is 5.75 Å². The van der Waals surface area contributed by atoms with Gasteiger partial charge in [-0.05, 0) is 56.5 Å². The summed E-state index contributed by atoms with van der Waals surface area (Å²) in [5.41, 5.74) is 0.393. The summed E-state index contributed by atoms with van der Waals surface area (Å²) in [6.45, 7) is 5.27. The second-order valence-corrected chi connectivity index (χ2v) is 9.56. The average molecular weight is 472 g/mol. The normalized spacial score (nSPS) is 17.1. The summed E-state index contributed by atoms with van der Waals surface area (Å²) < 4.78 is 10.9. The Morgan fingerprint density at radius 2 is 1.51 bits per heavy atom. The molecule has 35 heavy (non-hydrogen) atoms. The van der Waals surface area contributed by atoms with Gasteiger partial charge in [0.25, 0.3) is 5.91 Å². The van der Waals surface area contributed by atoms with Crippen molar-refractivity contribution in [3.8, 4) is 5.75 Å². The molecule has 0 spiro atoms. The van der Waals surface area contributed by atoms with Gasteiger partial charge < -0.3 is 9.47 Å². The highest BCUT2D eigenvalue weighted by molar-refractivity contribution is 6.22. The van der Waals surface area contributed by atoms with Crippen LogP contribution in [-0.2, 0) is 14.9 Å². The van der Waals surface area contributed by atoms with E-state index in [1.807, 2.05) is 42.5 Å². The van der Waals surface area contributed by atoms with Gasteiger partial charge >= 0.3 is 6.09 Å². The first-order valence-corrected chi connectivity index (χ1v) is 11.6. The van der Waals surface area contributed by atoms with E-state index in [1.165, 1.54) is 0 Å². The Hall–Kier alpha value is -3.93. The Kier molecular flexibility index (Phi) is 6.48. The highest BCUT2D eigenvalue weighted by atomic mass is 16.6. The van der Waals surface area contributed by atoms with Crippen LogP contribution in [0.3, 0.4) is 0 Å². The molecular formula is C29H29NO5. The standard InChI is InChI=1S/C29H29NO5/c1-28(2,3)35-27(33)30-24-13-9-8-12-23(24)29(26(30)32,21-14-16-22(34-4)17-15-21)19-18-25(31)20-10-6-5-7-11-20/h5-17H,18-19H2,1-4H3/t29-/m0/s1. The molecule has 1 aliphatic heterocycles. The number of imide groups is 1. The molecule has 0 aliphatic carbocycles. The van der Waals surface area contributed by atoms with Crippen LogP contribution < -0.4 is 9.64 Å². The molecule has 6 nitrogen and oxygen atoms in total. The number of para-hydroxylation sites is 1. The molecule has 6 heteroatoms. The SMILES string of the molecule is COc1ccc([C@]2(CCC(=O)c3ccccc3)C(=O)N(C(=O)OC(C)(C)C)c3ccccc32)cc1. The van der Waals surface area contributed by atoms with Crippen molar-refractivity contribution in [2.24, 2.45) is 0 Å². The van der Waals surface area contributed by atoms with E-state index in [9.17, 15) is 14.4 Å². The van der Waals surface area contributed by atoms with Crippen molar-refractivity contribution >= 4 is 23.5 Å². The predicted octanol–water partition coefficient (Wildman–Crippen LogP) is 5.93. The molecule has 0 aromatic heterocycles. The van der Waals surface area contributed by atoms with Gasteiger partial charge in [-0.2, -0.15) is 0 Å². The van der Waals surface area contributed by atoms with Gasteiger partial charge in [-0.25, -0.2) is 9.69 Å². The van der Waals surface area contributed by atoms with Gasteiger partial charge in [0.05, 0.1) is 12.8 Å². The molecule has 0 fully saturated rings. The van der Waals surface area contributed by atoms with Gasteiger partial charge in [0.15, 0.2) is 5.78 Å². The van der Waals surface area contributed by atoms with Crippen molar-refractivity contribution in [2.45, 2.75) is 44.6 Å². The maximum Gasteiger partial charge on any atom is 0.421 e. The van der Waals surface area contributed by atoms with E-state index in [0.29, 0.717) is 28.1 Å². The first kappa shape index (κ1) is 24.2. The molecule has 1 heterocycles. The Morgan fingerprint density at radius 1 is 0.886 bits per heavy atom. The van der Waals surface area contributed by atoms with Crippen molar-refractivity contribution < 1.29 is 23.9 Å². The fourth-order valence-corrected chi connectivity index (χ4v) is 4.54. The minimum absolute atomic E-state index is 0.0699. The predicted molar refractivity (Wildman–Crippen MR) is 134 cm³/mol. The second-order valence-electron chi connectivity index (χ2n) is 9.56. The number of Topliss-reactive ketones (excluding diaryl/α,β-unsaturated/α-hetero) is 1. The van der Waals surface area contributed by atoms with Crippen LogP contribution in [0, 0.1) is 0 Å². The van der Waals surface area contributed by atoms with E-state index >= 15 is 0 Å². The van der Waals surface area contributed by atoms with Gasteiger partial charge in [0, 0.05) is 12.0 Å². The molecule has 3 aromatic carbocycles. The zero-order valence-electron chi connectivity index (χ0n) is 20.4. The van der Waals surface area contributed by atoms with E-state index in [-0.39, 0.29) is 18.6 Å². The first-order chi connectivity index (χ1) is 16.7. The van der Waals surface area contributed by atoms with Crippen LogP contribution in [0.25, 0.3) is 0 Å². The third-order valence-corrected chi connectivity index (χ3v) is 6.15. The number of amides is 2. The lowest BCUT2D eigenvalue weighted by molar-refractivity contribution is -0.121. The van der Waals surface area contributed by atoms with Gasteiger partial charge in [-0.3, -0.25) is 9.59 Å². The maximum atomic E-state index is 14.2. The van der Waals surface area contributed by atoms with Gasteiger partial charge in [0.2, 0.25) is 0 Å². The Labute approximate surface area is 205 Å². The Morgan fingerprint density at radius 3 is 2.14 bits per heavy atom. The summed E-state index contributed by atoms with van der Waals surface area (Å²) in [5.74, 6) is 0.144. The van der Waals surface area contributed by atoms with Crippen molar-refractivity contribution in [3.05, 3.63) is 95.6 Å². The fourth-order valence-electron chi connectivity index (χ4n) is 4.54. The Bertz CT molecular complexity index is 1240. The number of ketones is 1. The molecule has 0 unspecified atom stereocenters. The molecule has 1 atom stereocenters. The molecule has 0 saturated heterocycles. The molecule has 3 aromatic rings. The van der Waals surface area contributed by atoms with Crippen molar-refractivity contribution in [3.63, 3.8) is 0 Å². The molecule has 0 radical (unpaired) electrons. The zero-order chi connectivity index (χ0) is 25.2. The van der Waals surface area contributed by atoms with Crippen molar-refractivity contribution in [2.75, 3.05) is 12.0 Å². The molecule has 0 bridgehead atoms. The lowest BCUT2D eigenvalue weighted by Crippen LogP contribution is -2.46. The number of carbonyl (C=O) groups excluding carboxylic acids is 3. The van der Waals surface area contributed by atoms with E-state index < -0.39 is 23.0 Å². The minimum atomic E-state index is -1.23. The van der Waals surface area contributed by atoms with Crippen LogP contribution in [0.4, 0.5) is 10.5 Å². The van der Waals surface area contributed by atoms with E-state index in [0.717, 1.165) is 4.90 Å². The number of nitrogens with zero attached hydrogens (tertiary/aromatic N) is 1. The topological polar surface area (TPSA) is 72.9 Å². The van der Waals surface area contributed by atoms with Gasteiger partial charge in [0.1, 0.15) is 16.8 Å². The van der Waals surface area contributed by atoms with Crippen LogP contribution in [0.1, 0.15) is 55.1 Å². The summed E-state index contributed by atoms with van der Waals surface area (Å²) in [5, 5.41) is 0. The minimum Gasteiger partial charge on any atom is -0.497 e. The van der Waals surface area contributed by atoms with Crippen molar-refractivity contribution in [1.82, 2.24) is 0 Å². The number of carbonyl (C=O) groups is 3. The highest BCUT2D eigenvalue weighted by Crippen LogP contribution is 2.49. The third kappa shape index (κ3) is 4.56. The quantitative estimate of drug-likeness (QED) is 0.417. The summed E-state index contributed by atoms with van der Waals surface area (Å²) in [6, 6.07) is 23.4. The summed E-state index contributed by atoms with van der Waals surface area (Å²) >= 11 is 0. The first-order valence-electron chi connectivity index (χ1n) is 11.6. The monoisotopic (exact) mass is 471 g/mol. The van der Waals surface area contributed by atoms with Gasteiger partial charge in [-0.15, -0.1) is 0 Å². The number of hydrogen-bond acceptors (Lipinski definition) is 5. The van der Waals surface area contributed by atoms with Crippen LogP contribution in [0.15, 0.2) is 78.9 Å². The van der Waals surface area contributed by atoms with Crippen LogP contribution >= 0.6 is 0 Å². The highest BCUT2D eigenvalue weighted by Gasteiger charge is 2.54. The molecular weight excluding hydrogens is 442 g/mol. The number of hydrogen-bond donors (Lipinski definition) is 0. The molecule has 1 aliphatic rings. The molecule has 2 amide bonds. The molecule has 0 N–H and O–H groups in total. The van der Waals surface area contributed by atoms with Crippen molar-refractivity contribution in [1.29, 1.82) is 0 Å². The average Bonchev–Trinajstić information content (AvgIpc) is 3.10. The number of benzene rings is 3. The fraction of sp³-hybridized carbons (Fsp3) is 0.276. The second kappa shape index (κ2) is 9.37. The number of rotatable bonds is 6. The lowest BCUT2D eigenvalue weighted by atomic mass is 9.71. The van der Waals surface area contributed by atoms with E-state index in [1.54, 1.807) is 64.3 Å². The van der Waals surface area contributed by atoms with Crippen LogP contribution in [0.2, 0.25) is 0 Å². The number of fused-ring (bicyclic) bond motifs is 1. The largest absolute Gasteiger partial charge is 0.497 e. The third-order valence-electron chi connectivity index (χ3n) is 6.15. The summed E-state index contributed by atoms with van der Waals surface area (Å²) in [6.07, 6.45) is -0.416. The van der Waals surface area contributed by atoms with Crippen LogP contribution in [-0.4, -0.2) is 30.5 Å². The maximum absolute atomic E-state index is 14.2. The Balaban J connectivity index is 1.82.